The number of anilines is 1. The van der Waals surface area contributed by atoms with Crippen LogP contribution in [0.3, 0.4) is 0 Å². The second-order valence-electron chi connectivity index (χ2n) is 6.11. The number of hydrogen-bond acceptors (Lipinski definition) is 2. The summed E-state index contributed by atoms with van der Waals surface area (Å²) in [5.41, 5.74) is 3.44. The number of carboxylic acid groups (broad SMARTS) is 1. The van der Waals surface area contributed by atoms with E-state index in [-0.39, 0.29) is 5.41 Å². The van der Waals surface area contributed by atoms with E-state index in [1.54, 1.807) is 12.1 Å². The zero-order chi connectivity index (χ0) is 15.5. The van der Waals surface area contributed by atoms with Crippen LogP contribution in [0.2, 0.25) is 0 Å². The molecule has 0 saturated carbocycles. The molecule has 0 aromatic heterocycles. The molecule has 2 N–H and O–H groups in total. The largest absolute Gasteiger partial charge is 0.478 e. The molecular formula is C18H21NO2. The molecule has 0 heterocycles. The van der Waals surface area contributed by atoms with Gasteiger partial charge in [0.15, 0.2) is 0 Å². The molecule has 0 aliphatic carbocycles. The first-order valence-corrected chi connectivity index (χ1v) is 7.04. The lowest BCUT2D eigenvalue weighted by Gasteiger charge is -2.23. The van der Waals surface area contributed by atoms with E-state index in [4.69, 9.17) is 0 Å². The first-order valence-electron chi connectivity index (χ1n) is 7.04. The maximum Gasteiger partial charge on any atom is 0.336 e. The van der Waals surface area contributed by atoms with Gasteiger partial charge >= 0.3 is 5.97 Å². The van der Waals surface area contributed by atoms with Gasteiger partial charge in [-0.05, 0) is 28.7 Å². The summed E-state index contributed by atoms with van der Waals surface area (Å²) in [7, 11) is 0. The highest BCUT2D eigenvalue weighted by Crippen LogP contribution is 2.29. The van der Waals surface area contributed by atoms with E-state index < -0.39 is 5.97 Å². The average Bonchev–Trinajstić information content (AvgIpc) is 2.44. The zero-order valence-electron chi connectivity index (χ0n) is 12.7. The van der Waals surface area contributed by atoms with Gasteiger partial charge in [0, 0.05) is 12.2 Å². The summed E-state index contributed by atoms with van der Waals surface area (Å²) in [6.45, 7) is 6.99. The second kappa shape index (κ2) is 6.00. The van der Waals surface area contributed by atoms with Crippen molar-refractivity contribution in [2.24, 2.45) is 0 Å². The van der Waals surface area contributed by atoms with Crippen LogP contribution >= 0.6 is 0 Å². The Morgan fingerprint density at radius 3 is 2.33 bits per heavy atom. The Balaban J connectivity index is 2.24. The quantitative estimate of drug-likeness (QED) is 0.879. The summed E-state index contributed by atoms with van der Waals surface area (Å²) >= 11 is 0. The summed E-state index contributed by atoms with van der Waals surface area (Å²) in [5, 5.41) is 12.6. The van der Waals surface area contributed by atoms with Crippen LogP contribution in [-0.4, -0.2) is 11.1 Å². The Hall–Kier alpha value is -2.29. The Morgan fingerprint density at radius 1 is 1.05 bits per heavy atom. The van der Waals surface area contributed by atoms with E-state index in [0.717, 1.165) is 11.3 Å². The normalized spacial score (nSPS) is 11.2. The number of hydrogen-bond donors (Lipinski definition) is 2. The number of rotatable bonds is 4. The summed E-state index contributed by atoms with van der Waals surface area (Å²) in [5.74, 6) is -0.892. The van der Waals surface area contributed by atoms with E-state index in [1.165, 1.54) is 5.56 Å². The molecule has 2 aromatic carbocycles. The van der Waals surface area contributed by atoms with Crippen molar-refractivity contribution in [2.75, 3.05) is 5.32 Å². The molecule has 0 amide bonds. The van der Waals surface area contributed by atoms with E-state index >= 15 is 0 Å². The predicted octanol–water partition coefficient (Wildman–Crippen LogP) is 4.29. The number of aromatic carboxylic acids is 1. The van der Waals surface area contributed by atoms with E-state index in [2.05, 4.69) is 32.2 Å². The monoisotopic (exact) mass is 283 g/mol. The lowest BCUT2D eigenvalue weighted by Crippen LogP contribution is -2.15. The summed E-state index contributed by atoms with van der Waals surface area (Å²) in [6.07, 6.45) is 0. The van der Waals surface area contributed by atoms with Crippen LogP contribution in [-0.2, 0) is 12.0 Å². The highest BCUT2D eigenvalue weighted by Gasteiger charge is 2.17. The third kappa shape index (κ3) is 3.63. The van der Waals surface area contributed by atoms with Gasteiger partial charge in [0.25, 0.3) is 0 Å². The predicted molar refractivity (Wildman–Crippen MR) is 85.9 cm³/mol. The molecular weight excluding hydrogens is 262 g/mol. The fraction of sp³-hybridized carbons (Fsp3) is 0.278. The smallest absolute Gasteiger partial charge is 0.336 e. The molecule has 0 bridgehead atoms. The Kier molecular flexibility index (Phi) is 4.32. The van der Waals surface area contributed by atoms with Gasteiger partial charge in [-0.15, -0.1) is 0 Å². The average molecular weight is 283 g/mol. The minimum absolute atomic E-state index is 0.0376. The molecule has 2 rings (SSSR count). The summed E-state index contributed by atoms with van der Waals surface area (Å²) < 4.78 is 0. The lowest BCUT2D eigenvalue weighted by molar-refractivity contribution is 0.0696. The Morgan fingerprint density at radius 2 is 1.67 bits per heavy atom. The van der Waals surface area contributed by atoms with Crippen LogP contribution in [0.5, 0.6) is 0 Å². The number of para-hydroxylation sites is 1. The van der Waals surface area contributed by atoms with E-state index in [1.807, 2.05) is 30.3 Å². The van der Waals surface area contributed by atoms with Crippen molar-refractivity contribution in [3.63, 3.8) is 0 Å². The van der Waals surface area contributed by atoms with Crippen molar-refractivity contribution in [2.45, 2.75) is 32.7 Å². The molecule has 110 valence electrons. The fourth-order valence-corrected chi connectivity index (χ4v) is 2.36. The number of benzene rings is 2. The van der Waals surface area contributed by atoms with Gasteiger partial charge in [-0.25, -0.2) is 4.79 Å². The van der Waals surface area contributed by atoms with Crippen molar-refractivity contribution >= 4 is 11.7 Å². The van der Waals surface area contributed by atoms with Crippen LogP contribution in [0, 0.1) is 0 Å². The zero-order valence-corrected chi connectivity index (χ0v) is 12.7. The van der Waals surface area contributed by atoms with Crippen molar-refractivity contribution in [3.05, 3.63) is 65.2 Å². The first-order chi connectivity index (χ1) is 9.89. The topological polar surface area (TPSA) is 49.3 Å². The molecule has 0 aliphatic rings. The highest BCUT2D eigenvalue weighted by molar-refractivity contribution is 5.89. The minimum atomic E-state index is -0.892. The molecule has 0 saturated heterocycles. The van der Waals surface area contributed by atoms with Crippen LogP contribution in [0.4, 0.5) is 5.69 Å². The summed E-state index contributed by atoms with van der Waals surface area (Å²) in [6, 6.07) is 15.2. The van der Waals surface area contributed by atoms with Crippen LogP contribution in [0.15, 0.2) is 48.5 Å². The maximum atomic E-state index is 11.2. The molecule has 0 unspecified atom stereocenters. The number of carboxylic acids is 1. The third-order valence-corrected chi connectivity index (χ3v) is 3.45. The Labute approximate surface area is 125 Å². The molecule has 0 fully saturated rings. The van der Waals surface area contributed by atoms with Gasteiger partial charge in [-0.1, -0.05) is 57.2 Å². The lowest BCUT2D eigenvalue weighted by atomic mass is 9.86. The standard InChI is InChI=1S/C18H21NO2/c1-18(2,3)15-10-6-7-11-16(15)19-12-13-8-4-5-9-14(13)17(20)21/h4-11,19H,12H2,1-3H3,(H,20,21). The fourth-order valence-electron chi connectivity index (χ4n) is 2.36. The van der Waals surface area contributed by atoms with E-state index in [0.29, 0.717) is 12.1 Å². The van der Waals surface area contributed by atoms with Crippen molar-refractivity contribution in [3.8, 4) is 0 Å². The van der Waals surface area contributed by atoms with E-state index in [9.17, 15) is 9.90 Å². The van der Waals surface area contributed by atoms with Crippen molar-refractivity contribution in [1.29, 1.82) is 0 Å². The molecule has 0 atom stereocenters. The molecule has 0 radical (unpaired) electrons. The summed E-state index contributed by atoms with van der Waals surface area (Å²) in [4.78, 5) is 11.2. The van der Waals surface area contributed by atoms with Crippen LogP contribution < -0.4 is 5.32 Å². The Bertz CT molecular complexity index is 642. The molecule has 0 aliphatic heterocycles. The van der Waals surface area contributed by atoms with Crippen molar-refractivity contribution in [1.82, 2.24) is 0 Å². The van der Waals surface area contributed by atoms with Gasteiger partial charge in [0.1, 0.15) is 0 Å². The molecule has 3 heteroatoms. The van der Waals surface area contributed by atoms with Crippen molar-refractivity contribution < 1.29 is 9.90 Å². The molecule has 3 nitrogen and oxygen atoms in total. The molecule has 21 heavy (non-hydrogen) atoms. The molecule has 0 spiro atoms. The molecule has 2 aromatic rings. The van der Waals surface area contributed by atoms with Crippen LogP contribution in [0.1, 0.15) is 42.3 Å². The van der Waals surface area contributed by atoms with Gasteiger partial charge in [0.2, 0.25) is 0 Å². The maximum absolute atomic E-state index is 11.2. The minimum Gasteiger partial charge on any atom is -0.478 e. The van der Waals surface area contributed by atoms with Gasteiger partial charge in [0.05, 0.1) is 5.56 Å². The van der Waals surface area contributed by atoms with Crippen LogP contribution in [0.25, 0.3) is 0 Å². The SMILES string of the molecule is CC(C)(C)c1ccccc1NCc1ccccc1C(=O)O. The highest BCUT2D eigenvalue weighted by atomic mass is 16.4. The van der Waals surface area contributed by atoms with Gasteiger partial charge in [-0.2, -0.15) is 0 Å². The first kappa shape index (κ1) is 15.1. The van der Waals surface area contributed by atoms with Gasteiger partial charge in [-0.3, -0.25) is 0 Å². The second-order valence-corrected chi connectivity index (χ2v) is 6.11. The van der Waals surface area contributed by atoms with Gasteiger partial charge < -0.3 is 10.4 Å². The number of nitrogens with one attached hydrogen (secondary N) is 1. The number of carbonyl (C=O) groups is 1. The third-order valence-electron chi connectivity index (χ3n) is 3.45.